The van der Waals surface area contributed by atoms with Gasteiger partial charge in [-0.1, -0.05) is 0 Å². The lowest BCUT2D eigenvalue weighted by molar-refractivity contribution is 0.0163. The Labute approximate surface area is 169 Å². The molecule has 25 heavy (non-hydrogen) atoms. The van der Waals surface area contributed by atoms with Crippen LogP contribution in [-0.4, -0.2) is 54.8 Å². The summed E-state index contributed by atoms with van der Waals surface area (Å²) in [6, 6.07) is 0.611. The van der Waals surface area contributed by atoms with E-state index in [1.165, 1.54) is 19.3 Å². The summed E-state index contributed by atoms with van der Waals surface area (Å²) in [6.07, 6.45) is 5.55. The molecule has 1 saturated heterocycles. The smallest absolute Gasteiger partial charge is 0.410 e. The number of halogens is 1. The summed E-state index contributed by atoms with van der Waals surface area (Å²) in [5, 5.41) is 6.74. The Hall–Kier alpha value is -0.730. The fourth-order valence-electron chi connectivity index (χ4n) is 2.89. The second-order valence-electron chi connectivity index (χ2n) is 7.90. The third-order valence-electron chi connectivity index (χ3n) is 4.24. The summed E-state index contributed by atoms with van der Waals surface area (Å²) in [5.41, 5.74) is -0.427. The van der Waals surface area contributed by atoms with Gasteiger partial charge in [-0.25, -0.2) is 4.79 Å². The molecule has 0 aromatic heterocycles. The number of aliphatic imine (C=N–C) groups is 1. The zero-order valence-corrected chi connectivity index (χ0v) is 18.5. The van der Waals surface area contributed by atoms with Crippen molar-refractivity contribution in [1.29, 1.82) is 0 Å². The Morgan fingerprint density at radius 3 is 2.60 bits per heavy atom. The summed E-state index contributed by atoms with van der Waals surface area (Å²) in [4.78, 5) is 18.7. The lowest BCUT2D eigenvalue weighted by Gasteiger charge is -2.34. The van der Waals surface area contributed by atoms with Crippen molar-refractivity contribution < 1.29 is 9.53 Å². The Morgan fingerprint density at radius 1 is 1.28 bits per heavy atom. The van der Waals surface area contributed by atoms with Gasteiger partial charge in [0.2, 0.25) is 0 Å². The third kappa shape index (κ3) is 8.96. The average molecular weight is 466 g/mol. The van der Waals surface area contributed by atoms with Gasteiger partial charge in [-0.05, 0) is 65.7 Å². The van der Waals surface area contributed by atoms with E-state index in [1.807, 2.05) is 25.7 Å². The minimum atomic E-state index is -0.427. The van der Waals surface area contributed by atoms with E-state index < -0.39 is 5.60 Å². The SMILES string of the molecule is CCNC(=NCCC1CCCN(C(=O)OC(C)(C)C)C1)NC1CC1.I. The van der Waals surface area contributed by atoms with Crippen LogP contribution in [0.4, 0.5) is 4.79 Å². The van der Waals surface area contributed by atoms with Crippen molar-refractivity contribution in [2.75, 3.05) is 26.2 Å². The first-order valence-electron chi connectivity index (χ1n) is 9.40. The highest BCUT2D eigenvalue weighted by Crippen LogP contribution is 2.22. The molecule has 1 amide bonds. The Kier molecular flexibility index (Phi) is 9.30. The second-order valence-corrected chi connectivity index (χ2v) is 7.90. The molecule has 0 bridgehead atoms. The van der Waals surface area contributed by atoms with E-state index in [9.17, 15) is 4.79 Å². The number of likely N-dealkylation sites (tertiary alicyclic amines) is 1. The molecule has 0 radical (unpaired) electrons. The van der Waals surface area contributed by atoms with Gasteiger partial charge in [-0.2, -0.15) is 0 Å². The van der Waals surface area contributed by atoms with Crippen LogP contribution < -0.4 is 10.6 Å². The second kappa shape index (κ2) is 10.4. The van der Waals surface area contributed by atoms with Gasteiger partial charge in [-0.3, -0.25) is 4.99 Å². The lowest BCUT2D eigenvalue weighted by Crippen LogP contribution is -2.43. The molecule has 2 rings (SSSR count). The molecular formula is C18H35IN4O2. The molecule has 0 aromatic rings. The average Bonchev–Trinajstić information content (AvgIpc) is 3.30. The third-order valence-corrected chi connectivity index (χ3v) is 4.24. The predicted octanol–water partition coefficient (Wildman–Crippen LogP) is 3.36. The van der Waals surface area contributed by atoms with Crippen LogP contribution in [0.5, 0.6) is 0 Å². The highest BCUT2D eigenvalue weighted by atomic mass is 127. The molecular weight excluding hydrogens is 431 g/mol. The summed E-state index contributed by atoms with van der Waals surface area (Å²) >= 11 is 0. The molecule has 1 aliphatic heterocycles. The molecule has 2 N–H and O–H groups in total. The number of ether oxygens (including phenoxy) is 1. The maximum absolute atomic E-state index is 12.2. The molecule has 1 heterocycles. The molecule has 146 valence electrons. The van der Waals surface area contributed by atoms with E-state index in [1.54, 1.807) is 0 Å². The maximum Gasteiger partial charge on any atom is 0.410 e. The van der Waals surface area contributed by atoms with Crippen molar-refractivity contribution in [3.8, 4) is 0 Å². The fraction of sp³-hybridized carbons (Fsp3) is 0.889. The van der Waals surface area contributed by atoms with Crippen LogP contribution in [0.3, 0.4) is 0 Å². The summed E-state index contributed by atoms with van der Waals surface area (Å²) in [5.74, 6) is 1.44. The molecule has 6 nitrogen and oxygen atoms in total. The number of piperidine rings is 1. The van der Waals surface area contributed by atoms with Crippen molar-refractivity contribution in [1.82, 2.24) is 15.5 Å². The van der Waals surface area contributed by atoms with Gasteiger partial charge in [0.15, 0.2) is 5.96 Å². The van der Waals surface area contributed by atoms with Crippen LogP contribution >= 0.6 is 24.0 Å². The normalized spacial score (nSPS) is 21.4. The number of hydrogen-bond acceptors (Lipinski definition) is 3. The minimum absolute atomic E-state index is 0. The first-order valence-corrected chi connectivity index (χ1v) is 9.40. The number of hydrogen-bond donors (Lipinski definition) is 2. The zero-order valence-electron chi connectivity index (χ0n) is 16.1. The van der Waals surface area contributed by atoms with Crippen molar-refractivity contribution in [3.63, 3.8) is 0 Å². The molecule has 1 atom stereocenters. The number of nitrogens with one attached hydrogen (secondary N) is 2. The highest BCUT2D eigenvalue weighted by molar-refractivity contribution is 14.0. The van der Waals surface area contributed by atoms with Gasteiger partial charge < -0.3 is 20.3 Å². The molecule has 1 aliphatic carbocycles. The van der Waals surface area contributed by atoms with Gasteiger partial charge in [0, 0.05) is 32.2 Å². The molecule has 0 aromatic carbocycles. The van der Waals surface area contributed by atoms with Crippen LogP contribution in [0.1, 0.15) is 59.8 Å². The van der Waals surface area contributed by atoms with E-state index >= 15 is 0 Å². The van der Waals surface area contributed by atoms with Gasteiger partial charge in [-0.15, -0.1) is 24.0 Å². The summed E-state index contributed by atoms with van der Waals surface area (Å²) in [6.45, 7) is 11.1. The Balaban J connectivity index is 0.00000312. The quantitative estimate of drug-likeness (QED) is 0.371. The number of carbonyl (C=O) groups is 1. The maximum atomic E-state index is 12.2. The van der Waals surface area contributed by atoms with Gasteiger partial charge in [0.1, 0.15) is 5.60 Å². The topological polar surface area (TPSA) is 66.0 Å². The molecule has 1 unspecified atom stereocenters. The van der Waals surface area contributed by atoms with Crippen LogP contribution in [0.15, 0.2) is 4.99 Å². The fourth-order valence-corrected chi connectivity index (χ4v) is 2.89. The van der Waals surface area contributed by atoms with Crippen LogP contribution in [-0.2, 0) is 4.74 Å². The number of carbonyl (C=O) groups excluding carboxylic acids is 1. The Bertz CT molecular complexity index is 447. The standard InChI is InChI=1S/C18H34N4O2.HI/c1-5-19-16(21-15-8-9-15)20-11-10-14-7-6-12-22(13-14)17(23)24-18(2,3)4;/h14-15H,5-13H2,1-4H3,(H2,19,20,21);1H. The van der Waals surface area contributed by atoms with Crippen molar-refractivity contribution in [2.24, 2.45) is 10.9 Å². The summed E-state index contributed by atoms with van der Waals surface area (Å²) < 4.78 is 5.49. The highest BCUT2D eigenvalue weighted by Gasteiger charge is 2.27. The lowest BCUT2D eigenvalue weighted by atomic mass is 9.95. The van der Waals surface area contributed by atoms with Crippen LogP contribution in [0.25, 0.3) is 0 Å². The number of guanidine groups is 1. The monoisotopic (exact) mass is 466 g/mol. The van der Waals surface area contributed by atoms with E-state index in [0.29, 0.717) is 12.0 Å². The largest absolute Gasteiger partial charge is 0.444 e. The number of rotatable bonds is 5. The van der Waals surface area contributed by atoms with Crippen molar-refractivity contribution in [3.05, 3.63) is 0 Å². The van der Waals surface area contributed by atoms with Gasteiger partial charge >= 0.3 is 6.09 Å². The molecule has 2 aliphatic rings. The van der Waals surface area contributed by atoms with E-state index in [2.05, 4.69) is 22.5 Å². The molecule has 1 saturated carbocycles. The minimum Gasteiger partial charge on any atom is -0.444 e. The molecule has 7 heteroatoms. The first-order chi connectivity index (χ1) is 11.4. The first kappa shape index (κ1) is 22.3. The van der Waals surface area contributed by atoms with E-state index in [-0.39, 0.29) is 30.1 Å². The Morgan fingerprint density at radius 2 is 2.00 bits per heavy atom. The van der Waals surface area contributed by atoms with E-state index in [4.69, 9.17) is 4.74 Å². The van der Waals surface area contributed by atoms with Crippen LogP contribution in [0.2, 0.25) is 0 Å². The predicted molar refractivity (Wildman–Crippen MR) is 113 cm³/mol. The summed E-state index contributed by atoms with van der Waals surface area (Å²) in [7, 11) is 0. The zero-order chi connectivity index (χ0) is 17.6. The molecule has 0 spiro atoms. The number of nitrogens with zero attached hydrogens (tertiary/aromatic N) is 2. The van der Waals surface area contributed by atoms with Crippen molar-refractivity contribution >= 4 is 36.0 Å². The van der Waals surface area contributed by atoms with Crippen LogP contribution in [0, 0.1) is 5.92 Å². The van der Waals surface area contributed by atoms with E-state index in [0.717, 1.165) is 45.0 Å². The van der Waals surface area contributed by atoms with Gasteiger partial charge in [0.25, 0.3) is 0 Å². The molecule has 2 fully saturated rings. The van der Waals surface area contributed by atoms with Gasteiger partial charge in [0.05, 0.1) is 0 Å². The number of amides is 1. The van der Waals surface area contributed by atoms with Crippen molar-refractivity contribution in [2.45, 2.75) is 71.4 Å².